The van der Waals surface area contributed by atoms with Crippen molar-refractivity contribution in [2.75, 3.05) is 37.8 Å². The number of benzene rings is 2. The van der Waals surface area contributed by atoms with Crippen molar-refractivity contribution in [3.63, 3.8) is 0 Å². The number of pyridine rings is 1. The zero-order chi connectivity index (χ0) is 23.3. The number of amidine groups is 1. The lowest BCUT2D eigenvalue weighted by Crippen LogP contribution is -2.40. The number of aliphatic imine (C=N–C) groups is 1. The van der Waals surface area contributed by atoms with E-state index in [1.165, 1.54) is 12.3 Å². The Morgan fingerprint density at radius 1 is 1.00 bits per heavy atom. The second-order valence-corrected chi connectivity index (χ2v) is 8.47. The van der Waals surface area contributed by atoms with Gasteiger partial charge in [-0.2, -0.15) is 4.39 Å². The molecule has 0 aliphatic carbocycles. The van der Waals surface area contributed by atoms with Crippen LogP contribution >= 0.6 is 0 Å². The van der Waals surface area contributed by atoms with Crippen molar-refractivity contribution in [2.45, 2.75) is 12.0 Å². The number of halogens is 2. The Morgan fingerprint density at radius 3 is 2.65 bits per heavy atom. The van der Waals surface area contributed by atoms with Crippen LogP contribution in [0.5, 0.6) is 11.5 Å². The van der Waals surface area contributed by atoms with E-state index in [9.17, 15) is 4.39 Å². The normalized spacial score (nSPS) is 21.2. The Morgan fingerprint density at radius 2 is 1.85 bits per heavy atom. The molecule has 9 heteroatoms. The maximum Gasteiger partial charge on any atom is 0.283 e. The summed E-state index contributed by atoms with van der Waals surface area (Å²) < 4.78 is 46.9. The van der Waals surface area contributed by atoms with Gasteiger partial charge < -0.3 is 24.8 Å². The van der Waals surface area contributed by atoms with Gasteiger partial charge in [-0.25, -0.2) is 14.4 Å². The van der Waals surface area contributed by atoms with Gasteiger partial charge in [-0.3, -0.25) is 0 Å². The van der Waals surface area contributed by atoms with E-state index >= 15 is 4.39 Å². The van der Waals surface area contributed by atoms with Crippen molar-refractivity contribution in [1.29, 1.82) is 0 Å². The number of ether oxygens (including phenoxy) is 3. The molecule has 0 amide bonds. The number of fused-ring (bicyclic) bond motifs is 4. The highest BCUT2D eigenvalue weighted by molar-refractivity contribution is 5.77. The zero-order valence-corrected chi connectivity index (χ0v) is 18.3. The number of hydrogen-bond donors (Lipinski definition) is 1. The number of nitrogens with two attached hydrogens (primary N) is 1. The number of morpholine rings is 1. The number of rotatable bonds is 2. The van der Waals surface area contributed by atoms with Crippen LogP contribution in [0.3, 0.4) is 0 Å². The molecule has 7 nitrogen and oxygen atoms in total. The molecule has 0 radical (unpaired) electrons. The highest BCUT2D eigenvalue weighted by Crippen LogP contribution is 2.54. The van der Waals surface area contributed by atoms with Gasteiger partial charge in [0.25, 0.3) is 6.02 Å². The fourth-order valence-corrected chi connectivity index (χ4v) is 4.93. The SMILES string of the molecule is NC1=N[C@]2(CCO1)c1cc(-c3cccnc3F)ccc1Oc1c(F)cc(N3CCOCC3)cc12. The van der Waals surface area contributed by atoms with Crippen LogP contribution in [-0.2, 0) is 15.0 Å². The monoisotopic (exact) mass is 464 g/mol. The number of anilines is 1. The lowest BCUT2D eigenvalue weighted by Gasteiger charge is -2.40. The van der Waals surface area contributed by atoms with Crippen LogP contribution in [0.25, 0.3) is 11.1 Å². The second kappa shape index (κ2) is 7.95. The number of aromatic nitrogens is 1. The minimum Gasteiger partial charge on any atom is -0.465 e. The van der Waals surface area contributed by atoms with E-state index in [4.69, 9.17) is 24.9 Å². The van der Waals surface area contributed by atoms with Gasteiger partial charge in [-0.15, -0.1) is 0 Å². The van der Waals surface area contributed by atoms with Gasteiger partial charge in [0.05, 0.1) is 19.8 Å². The summed E-state index contributed by atoms with van der Waals surface area (Å²) in [5.74, 6) is -0.504. The molecule has 1 aromatic heterocycles. The van der Waals surface area contributed by atoms with Gasteiger partial charge in [0.15, 0.2) is 11.6 Å². The van der Waals surface area contributed by atoms with E-state index < -0.39 is 17.3 Å². The Balaban J connectivity index is 1.56. The molecule has 1 atom stereocenters. The third kappa shape index (κ3) is 3.27. The largest absolute Gasteiger partial charge is 0.465 e. The number of nitrogens with zero attached hydrogens (tertiary/aromatic N) is 3. The summed E-state index contributed by atoms with van der Waals surface area (Å²) in [6.07, 6.45) is 1.82. The summed E-state index contributed by atoms with van der Waals surface area (Å²) in [5.41, 5.74) is 7.93. The molecule has 0 saturated carbocycles. The third-order valence-electron chi connectivity index (χ3n) is 6.57. The van der Waals surface area contributed by atoms with Crippen LogP contribution in [0.4, 0.5) is 14.5 Å². The van der Waals surface area contributed by atoms with Crippen LogP contribution in [0.15, 0.2) is 53.7 Å². The molecule has 1 saturated heterocycles. The molecule has 174 valence electrons. The molecule has 6 rings (SSSR count). The summed E-state index contributed by atoms with van der Waals surface area (Å²) in [4.78, 5) is 10.6. The first-order valence-electron chi connectivity index (χ1n) is 11.1. The Labute approximate surface area is 194 Å². The van der Waals surface area contributed by atoms with Gasteiger partial charge >= 0.3 is 0 Å². The minimum atomic E-state index is -1.04. The molecule has 0 bridgehead atoms. The molecule has 3 aliphatic rings. The van der Waals surface area contributed by atoms with Crippen LogP contribution in [-0.4, -0.2) is 43.9 Å². The fraction of sp³-hybridized carbons (Fsp3) is 0.280. The number of hydrogen-bond acceptors (Lipinski definition) is 7. The standard InChI is InChI=1S/C25H22F2N4O3/c26-20-14-16(31-7-10-32-11-8-31)13-19-22(20)34-21-4-3-15(17-2-1-6-29-23(17)27)12-18(21)25(19)5-9-33-24(28)30-25/h1-4,6,12-14H,5,7-11H2,(H2,28,30)/t25-/m1/s1. The van der Waals surface area contributed by atoms with Crippen molar-refractivity contribution in [2.24, 2.45) is 10.7 Å². The summed E-state index contributed by atoms with van der Waals surface area (Å²) >= 11 is 0. The average molecular weight is 464 g/mol. The summed E-state index contributed by atoms with van der Waals surface area (Å²) in [7, 11) is 0. The summed E-state index contributed by atoms with van der Waals surface area (Å²) in [6, 6.07) is 12.0. The van der Waals surface area contributed by atoms with Crippen LogP contribution in [0, 0.1) is 11.8 Å². The summed E-state index contributed by atoms with van der Waals surface area (Å²) in [6.45, 7) is 2.75. The highest BCUT2D eigenvalue weighted by atomic mass is 19.1. The van der Waals surface area contributed by atoms with Crippen molar-refractivity contribution in [1.82, 2.24) is 4.98 Å². The van der Waals surface area contributed by atoms with Crippen molar-refractivity contribution < 1.29 is 23.0 Å². The van der Waals surface area contributed by atoms with Crippen LogP contribution in [0.1, 0.15) is 17.5 Å². The van der Waals surface area contributed by atoms with Gasteiger partial charge in [0.1, 0.15) is 11.3 Å². The maximum atomic E-state index is 15.5. The third-order valence-corrected chi connectivity index (χ3v) is 6.57. The molecule has 3 aliphatic heterocycles. The van der Waals surface area contributed by atoms with E-state index in [1.54, 1.807) is 24.3 Å². The first-order valence-corrected chi connectivity index (χ1v) is 11.1. The highest BCUT2D eigenvalue weighted by Gasteiger charge is 2.46. The van der Waals surface area contributed by atoms with Crippen LogP contribution in [0.2, 0.25) is 0 Å². The zero-order valence-electron chi connectivity index (χ0n) is 18.3. The minimum absolute atomic E-state index is 0.0141. The molecule has 34 heavy (non-hydrogen) atoms. The smallest absolute Gasteiger partial charge is 0.283 e. The van der Waals surface area contributed by atoms with E-state index in [1.807, 2.05) is 12.1 Å². The van der Waals surface area contributed by atoms with E-state index in [2.05, 4.69) is 9.88 Å². The topological polar surface area (TPSA) is 82.2 Å². The molecular formula is C25H22F2N4O3. The molecule has 1 spiro atoms. The van der Waals surface area contributed by atoms with Crippen molar-refractivity contribution >= 4 is 11.7 Å². The maximum absolute atomic E-state index is 15.5. The Kier molecular flexibility index (Phi) is 4.88. The molecule has 3 aromatic rings. The average Bonchev–Trinajstić information content (AvgIpc) is 2.86. The lowest BCUT2D eigenvalue weighted by atomic mass is 9.76. The Bertz CT molecular complexity index is 1310. The van der Waals surface area contributed by atoms with Gasteiger partial charge in [0, 0.05) is 54.2 Å². The lowest BCUT2D eigenvalue weighted by molar-refractivity contribution is 0.122. The predicted molar refractivity (Wildman–Crippen MR) is 122 cm³/mol. The van der Waals surface area contributed by atoms with Gasteiger partial charge in [-0.05, 0) is 35.9 Å². The molecule has 4 heterocycles. The van der Waals surface area contributed by atoms with E-state index in [0.29, 0.717) is 67.3 Å². The van der Waals surface area contributed by atoms with E-state index in [0.717, 1.165) is 5.69 Å². The van der Waals surface area contributed by atoms with E-state index in [-0.39, 0.29) is 11.8 Å². The van der Waals surface area contributed by atoms with Gasteiger partial charge in [0.2, 0.25) is 5.95 Å². The molecule has 0 unspecified atom stereocenters. The predicted octanol–water partition coefficient (Wildman–Crippen LogP) is 3.95. The molecular weight excluding hydrogens is 442 g/mol. The molecule has 2 aromatic carbocycles. The first kappa shape index (κ1) is 20.9. The first-order chi connectivity index (χ1) is 16.5. The quantitative estimate of drug-likeness (QED) is 0.579. The van der Waals surface area contributed by atoms with Crippen molar-refractivity contribution in [3.05, 3.63) is 71.6 Å². The summed E-state index contributed by atoms with van der Waals surface area (Å²) in [5, 5.41) is 0. The Hall–Kier alpha value is -3.72. The second-order valence-electron chi connectivity index (χ2n) is 8.47. The molecule has 1 fully saturated rings. The fourth-order valence-electron chi connectivity index (χ4n) is 4.93. The van der Waals surface area contributed by atoms with Crippen LogP contribution < -0.4 is 15.4 Å². The molecule has 2 N–H and O–H groups in total. The van der Waals surface area contributed by atoms with Gasteiger partial charge in [-0.1, -0.05) is 6.07 Å². The van der Waals surface area contributed by atoms with Crippen molar-refractivity contribution in [3.8, 4) is 22.6 Å².